The Morgan fingerprint density at radius 3 is 2.85 bits per heavy atom. The molecule has 1 saturated heterocycles. The van der Waals surface area contributed by atoms with Crippen molar-refractivity contribution in [2.45, 2.75) is 39.3 Å². The van der Waals surface area contributed by atoms with Gasteiger partial charge in [0.1, 0.15) is 5.82 Å². The second-order valence-electron chi connectivity index (χ2n) is 6.58. The minimum Gasteiger partial charge on any atom is -0.351 e. The lowest BCUT2D eigenvalue weighted by atomic mass is 10.1. The first-order chi connectivity index (χ1) is 12.5. The number of carbonyl (C=O) groups is 2. The third-order valence-electron chi connectivity index (χ3n) is 4.62. The highest BCUT2D eigenvalue weighted by Gasteiger charge is 2.31. The van der Waals surface area contributed by atoms with E-state index in [4.69, 9.17) is 0 Å². The summed E-state index contributed by atoms with van der Waals surface area (Å²) >= 11 is 0. The van der Waals surface area contributed by atoms with Gasteiger partial charge in [-0.1, -0.05) is 12.1 Å². The fraction of sp³-hybridized carbons (Fsp3) is 0.350. The summed E-state index contributed by atoms with van der Waals surface area (Å²) in [6.07, 6.45) is 1.69. The molecular weight excluding hydrogens is 333 g/mol. The smallest absolute Gasteiger partial charge is 0.254 e. The van der Waals surface area contributed by atoms with Gasteiger partial charge in [-0.05, 0) is 49.6 Å². The highest BCUT2D eigenvalue weighted by Crippen LogP contribution is 2.32. The molecule has 1 aromatic heterocycles. The van der Waals surface area contributed by atoms with Gasteiger partial charge < -0.3 is 10.2 Å². The zero-order valence-electron chi connectivity index (χ0n) is 15.0. The molecule has 2 amide bonds. The highest BCUT2D eigenvalue weighted by molar-refractivity contribution is 5.94. The Morgan fingerprint density at radius 1 is 1.31 bits per heavy atom. The van der Waals surface area contributed by atoms with Crippen LogP contribution in [0, 0.1) is 12.7 Å². The summed E-state index contributed by atoms with van der Waals surface area (Å²) in [5, 5.41) is 2.73. The van der Waals surface area contributed by atoms with Crippen LogP contribution in [0.4, 0.5) is 4.39 Å². The Labute approximate surface area is 152 Å². The molecule has 3 rings (SSSR count). The van der Waals surface area contributed by atoms with E-state index in [0.29, 0.717) is 24.2 Å². The van der Waals surface area contributed by atoms with Crippen molar-refractivity contribution in [3.63, 3.8) is 0 Å². The first kappa shape index (κ1) is 18.0. The Kier molecular flexibility index (Phi) is 5.30. The molecule has 0 radical (unpaired) electrons. The molecule has 26 heavy (non-hydrogen) atoms. The number of benzene rings is 1. The van der Waals surface area contributed by atoms with Crippen LogP contribution in [0.2, 0.25) is 0 Å². The van der Waals surface area contributed by atoms with Crippen LogP contribution in [-0.4, -0.2) is 28.2 Å². The minimum absolute atomic E-state index is 0.115. The van der Waals surface area contributed by atoms with E-state index in [2.05, 4.69) is 10.3 Å². The van der Waals surface area contributed by atoms with Gasteiger partial charge in [-0.3, -0.25) is 14.6 Å². The van der Waals surface area contributed by atoms with Crippen molar-refractivity contribution in [3.8, 4) is 0 Å². The van der Waals surface area contributed by atoms with Gasteiger partial charge in [-0.15, -0.1) is 0 Å². The maximum absolute atomic E-state index is 13.8. The average molecular weight is 355 g/mol. The number of rotatable bonds is 4. The Balaban J connectivity index is 1.81. The number of aryl methyl sites for hydroxylation is 1. The van der Waals surface area contributed by atoms with Crippen LogP contribution in [0.25, 0.3) is 0 Å². The molecule has 6 heteroatoms. The molecule has 5 nitrogen and oxygen atoms in total. The maximum atomic E-state index is 13.8. The van der Waals surface area contributed by atoms with Crippen molar-refractivity contribution in [2.24, 2.45) is 0 Å². The molecule has 2 heterocycles. The van der Waals surface area contributed by atoms with Gasteiger partial charge >= 0.3 is 0 Å². The monoisotopic (exact) mass is 355 g/mol. The number of amides is 2. The van der Waals surface area contributed by atoms with E-state index in [-0.39, 0.29) is 23.7 Å². The van der Waals surface area contributed by atoms with E-state index >= 15 is 0 Å². The van der Waals surface area contributed by atoms with E-state index in [9.17, 15) is 14.0 Å². The third kappa shape index (κ3) is 3.90. The number of aromatic nitrogens is 1. The predicted molar refractivity (Wildman–Crippen MR) is 95.9 cm³/mol. The van der Waals surface area contributed by atoms with Crippen molar-refractivity contribution in [2.75, 3.05) is 6.54 Å². The van der Waals surface area contributed by atoms with E-state index < -0.39 is 0 Å². The molecule has 0 saturated carbocycles. The van der Waals surface area contributed by atoms with Crippen LogP contribution in [0.5, 0.6) is 0 Å². The van der Waals surface area contributed by atoms with Crippen molar-refractivity contribution < 1.29 is 14.0 Å². The lowest BCUT2D eigenvalue weighted by Crippen LogP contribution is -2.31. The van der Waals surface area contributed by atoms with Gasteiger partial charge in [-0.2, -0.15) is 0 Å². The number of pyridine rings is 1. The second-order valence-corrected chi connectivity index (χ2v) is 6.58. The Hall–Kier alpha value is -2.76. The van der Waals surface area contributed by atoms with Gasteiger partial charge in [0, 0.05) is 19.0 Å². The molecule has 1 N–H and O–H groups in total. The molecule has 2 aromatic rings. The molecule has 1 aliphatic heterocycles. The van der Waals surface area contributed by atoms with Crippen molar-refractivity contribution in [3.05, 3.63) is 64.7 Å². The van der Waals surface area contributed by atoms with Gasteiger partial charge in [0.05, 0.1) is 24.0 Å². The Bertz CT molecular complexity index is 838. The van der Waals surface area contributed by atoms with Crippen LogP contribution in [0.3, 0.4) is 0 Å². The van der Waals surface area contributed by atoms with Crippen LogP contribution >= 0.6 is 0 Å². The first-order valence-corrected chi connectivity index (χ1v) is 8.73. The number of carbonyl (C=O) groups excluding carboxylic acids is 2. The summed E-state index contributed by atoms with van der Waals surface area (Å²) in [5.74, 6) is -0.668. The van der Waals surface area contributed by atoms with E-state index in [0.717, 1.165) is 24.2 Å². The molecule has 1 fully saturated rings. The van der Waals surface area contributed by atoms with Gasteiger partial charge in [0.25, 0.3) is 5.91 Å². The summed E-state index contributed by atoms with van der Waals surface area (Å²) in [6.45, 7) is 4.11. The quantitative estimate of drug-likeness (QED) is 0.916. The molecule has 0 spiro atoms. The standard InChI is InChI=1S/C20H22FN3O2/c1-13-8-9-15(11-17(13)21)20(26)24-10-4-7-19(24)18-6-3-5-16(23-18)12-22-14(2)25/h3,5-6,8-9,11,19H,4,7,10,12H2,1-2H3,(H,22,25). The summed E-state index contributed by atoms with van der Waals surface area (Å²) in [7, 11) is 0. The van der Waals surface area contributed by atoms with Crippen molar-refractivity contribution in [1.29, 1.82) is 0 Å². The highest BCUT2D eigenvalue weighted by atomic mass is 19.1. The van der Waals surface area contributed by atoms with E-state index in [1.807, 2.05) is 18.2 Å². The predicted octanol–water partition coefficient (Wildman–Crippen LogP) is 3.14. The molecule has 1 atom stereocenters. The lowest BCUT2D eigenvalue weighted by molar-refractivity contribution is -0.119. The number of nitrogens with one attached hydrogen (secondary N) is 1. The SMILES string of the molecule is CC(=O)NCc1cccc(C2CCCN2C(=O)c2ccc(C)c(F)c2)n1. The summed E-state index contributed by atoms with van der Waals surface area (Å²) in [4.78, 5) is 30.3. The van der Waals surface area contributed by atoms with Gasteiger partial charge in [-0.25, -0.2) is 4.39 Å². The molecule has 136 valence electrons. The van der Waals surface area contributed by atoms with E-state index in [1.165, 1.54) is 13.0 Å². The number of likely N-dealkylation sites (tertiary alicyclic amines) is 1. The molecule has 1 aliphatic rings. The number of halogens is 1. The zero-order chi connectivity index (χ0) is 18.7. The van der Waals surface area contributed by atoms with Crippen molar-refractivity contribution in [1.82, 2.24) is 15.2 Å². The van der Waals surface area contributed by atoms with Gasteiger partial charge in [0.15, 0.2) is 0 Å². The largest absolute Gasteiger partial charge is 0.351 e. The Morgan fingerprint density at radius 2 is 2.12 bits per heavy atom. The summed E-state index contributed by atoms with van der Waals surface area (Å²) in [6, 6.07) is 10.1. The summed E-state index contributed by atoms with van der Waals surface area (Å²) in [5.41, 5.74) is 2.42. The fourth-order valence-corrected chi connectivity index (χ4v) is 3.21. The second kappa shape index (κ2) is 7.64. The lowest BCUT2D eigenvalue weighted by Gasteiger charge is -2.25. The normalized spacial score (nSPS) is 16.6. The van der Waals surface area contributed by atoms with Crippen LogP contribution in [0.15, 0.2) is 36.4 Å². The van der Waals surface area contributed by atoms with Gasteiger partial charge in [0.2, 0.25) is 5.91 Å². The number of nitrogens with zero attached hydrogens (tertiary/aromatic N) is 2. The van der Waals surface area contributed by atoms with Crippen LogP contribution in [0.1, 0.15) is 53.1 Å². The van der Waals surface area contributed by atoms with E-state index in [1.54, 1.807) is 24.0 Å². The molecule has 1 aromatic carbocycles. The maximum Gasteiger partial charge on any atom is 0.254 e. The number of hydrogen-bond acceptors (Lipinski definition) is 3. The van der Waals surface area contributed by atoms with Crippen LogP contribution < -0.4 is 5.32 Å². The molecular formula is C20H22FN3O2. The minimum atomic E-state index is -0.373. The average Bonchev–Trinajstić information content (AvgIpc) is 3.11. The topological polar surface area (TPSA) is 62.3 Å². The molecule has 1 unspecified atom stereocenters. The number of hydrogen-bond donors (Lipinski definition) is 1. The fourth-order valence-electron chi connectivity index (χ4n) is 3.21. The summed E-state index contributed by atoms with van der Waals surface area (Å²) < 4.78 is 13.8. The third-order valence-corrected chi connectivity index (χ3v) is 4.62. The molecule has 0 bridgehead atoms. The zero-order valence-corrected chi connectivity index (χ0v) is 15.0. The van der Waals surface area contributed by atoms with Crippen molar-refractivity contribution >= 4 is 11.8 Å². The first-order valence-electron chi connectivity index (χ1n) is 8.73. The molecule has 0 aliphatic carbocycles. The van der Waals surface area contributed by atoms with Crippen LogP contribution in [-0.2, 0) is 11.3 Å².